The molecule has 0 fully saturated rings. The lowest BCUT2D eigenvalue weighted by Crippen LogP contribution is -2.21. The van der Waals surface area contributed by atoms with E-state index in [1.165, 1.54) is 5.56 Å². The van der Waals surface area contributed by atoms with Gasteiger partial charge in [-0.2, -0.15) is 0 Å². The molecule has 19 heavy (non-hydrogen) atoms. The van der Waals surface area contributed by atoms with Gasteiger partial charge >= 0.3 is 5.97 Å². The van der Waals surface area contributed by atoms with E-state index >= 15 is 0 Å². The van der Waals surface area contributed by atoms with E-state index in [0.29, 0.717) is 5.56 Å². The predicted molar refractivity (Wildman–Crippen MR) is 74.2 cm³/mol. The van der Waals surface area contributed by atoms with E-state index in [1.807, 2.05) is 50.2 Å². The number of cyclic esters (lactones) is 1. The maximum atomic E-state index is 12.1. The number of aryl methyl sites for hydroxylation is 2. The van der Waals surface area contributed by atoms with Crippen LogP contribution in [0.2, 0.25) is 0 Å². The fourth-order valence-corrected chi connectivity index (χ4v) is 2.55. The van der Waals surface area contributed by atoms with Gasteiger partial charge in [0.15, 0.2) is 0 Å². The Labute approximate surface area is 113 Å². The molecule has 1 heterocycles. The van der Waals surface area contributed by atoms with Gasteiger partial charge < -0.3 is 4.74 Å². The maximum absolute atomic E-state index is 12.1. The summed E-state index contributed by atoms with van der Waals surface area (Å²) < 4.78 is 5.57. The van der Waals surface area contributed by atoms with Crippen LogP contribution in [-0.2, 0) is 11.2 Å². The summed E-state index contributed by atoms with van der Waals surface area (Å²) in [4.78, 5) is 12.1. The molecule has 0 aliphatic carbocycles. The van der Waals surface area contributed by atoms with Crippen LogP contribution in [0.4, 0.5) is 0 Å². The Balaban J connectivity index is 1.97. The normalized spacial score (nSPS) is 17.8. The fourth-order valence-electron chi connectivity index (χ4n) is 2.55. The minimum atomic E-state index is -0.212. The van der Waals surface area contributed by atoms with E-state index in [-0.39, 0.29) is 12.1 Å². The predicted octanol–water partition coefficient (Wildman–Crippen LogP) is 3.76. The lowest BCUT2D eigenvalue weighted by molar-refractivity contribution is 0.0252. The maximum Gasteiger partial charge on any atom is 0.339 e. The average Bonchev–Trinajstić information content (AvgIpc) is 2.39. The second-order valence-corrected chi connectivity index (χ2v) is 5.17. The van der Waals surface area contributed by atoms with Crippen molar-refractivity contribution >= 4 is 5.97 Å². The number of ether oxygens (including phenoxy) is 1. The Hall–Kier alpha value is -2.09. The molecule has 0 radical (unpaired) electrons. The highest BCUT2D eigenvalue weighted by Crippen LogP contribution is 2.31. The van der Waals surface area contributed by atoms with Crippen molar-refractivity contribution in [2.75, 3.05) is 0 Å². The van der Waals surface area contributed by atoms with Crippen LogP contribution in [0.1, 0.15) is 38.7 Å². The standard InChI is InChI=1S/C17H16O2/c1-11-4-3-5-14(8-11)16-10-13-7-6-12(2)9-15(13)17(18)19-16/h3-9,16H,10H2,1-2H3. The van der Waals surface area contributed by atoms with Crippen molar-refractivity contribution in [1.29, 1.82) is 0 Å². The van der Waals surface area contributed by atoms with Crippen LogP contribution < -0.4 is 0 Å². The van der Waals surface area contributed by atoms with Crippen molar-refractivity contribution in [2.45, 2.75) is 26.4 Å². The summed E-state index contributed by atoms with van der Waals surface area (Å²) in [7, 11) is 0. The third kappa shape index (κ3) is 2.26. The van der Waals surface area contributed by atoms with E-state index in [1.54, 1.807) is 0 Å². The molecular weight excluding hydrogens is 236 g/mol. The molecule has 1 atom stereocenters. The molecule has 2 aromatic rings. The van der Waals surface area contributed by atoms with Gasteiger partial charge in [0.2, 0.25) is 0 Å². The highest BCUT2D eigenvalue weighted by molar-refractivity contribution is 5.92. The van der Waals surface area contributed by atoms with Crippen molar-refractivity contribution in [3.63, 3.8) is 0 Å². The number of rotatable bonds is 1. The van der Waals surface area contributed by atoms with Gasteiger partial charge in [0.1, 0.15) is 6.10 Å². The van der Waals surface area contributed by atoms with Crippen LogP contribution in [0.15, 0.2) is 42.5 Å². The molecule has 0 spiro atoms. The van der Waals surface area contributed by atoms with Crippen molar-refractivity contribution in [3.8, 4) is 0 Å². The van der Waals surface area contributed by atoms with Crippen LogP contribution in [0.5, 0.6) is 0 Å². The number of carbonyl (C=O) groups is 1. The van der Waals surface area contributed by atoms with Gasteiger partial charge in [-0.25, -0.2) is 4.79 Å². The van der Waals surface area contributed by atoms with E-state index in [9.17, 15) is 4.79 Å². The molecular formula is C17H16O2. The number of hydrogen-bond donors (Lipinski definition) is 0. The molecule has 0 bridgehead atoms. The smallest absolute Gasteiger partial charge is 0.339 e. The molecule has 1 aliphatic heterocycles. The summed E-state index contributed by atoms with van der Waals surface area (Å²) in [6, 6.07) is 14.1. The van der Waals surface area contributed by atoms with E-state index < -0.39 is 0 Å². The molecule has 2 aromatic carbocycles. The third-order valence-corrected chi connectivity index (χ3v) is 3.55. The number of esters is 1. The highest BCUT2D eigenvalue weighted by atomic mass is 16.5. The number of carbonyl (C=O) groups excluding carboxylic acids is 1. The second-order valence-electron chi connectivity index (χ2n) is 5.17. The molecule has 0 N–H and O–H groups in total. The zero-order valence-corrected chi connectivity index (χ0v) is 11.1. The molecule has 96 valence electrons. The van der Waals surface area contributed by atoms with Crippen LogP contribution in [0, 0.1) is 13.8 Å². The van der Waals surface area contributed by atoms with E-state index in [2.05, 4.69) is 6.07 Å². The molecule has 1 unspecified atom stereocenters. The fraction of sp³-hybridized carbons (Fsp3) is 0.235. The van der Waals surface area contributed by atoms with Crippen LogP contribution in [-0.4, -0.2) is 5.97 Å². The summed E-state index contributed by atoms with van der Waals surface area (Å²) >= 11 is 0. The topological polar surface area (TPSA) is 26.3 Å². The van der Waals surface area contributed by atoms with Gasteiger partial charge in [0.25, 0.3) is 0 Å². The lowest BCUT2D eigenvalue weighted by atomic mass is 9.93. The largest absolute Gasteiger partial charge is 0.454 e. The Morgan fingerprint density at radius 2 is 1.84 bits per heavy atom. The van der Waals surface area contributed by atoms with Crippen LogP contribution in [0.25, 0.3) is 0 Å². The number of benzene rings is 2. The molecule has 2 nitrogen and oxygen atoms in total. The van der Waals surface area contributed by atoms with Gasteiger partial charge in [-0.05, 0) is 31.0 Å². The van der Waals surface area contributed by atoms with Crippen molar-refractivity contribution in [2.24, 2.45) is 0 Å². The Morgan fingerprint density at radius 1 is 1.05 bits per heavy atom. The molecule has 1 aliphatic rings. The first-order valence-corrected chi connectivity index (χ1v) is 6.50. The summed E-state index contributed by atoms with van der Waals surface area (Å²) in [5.41, 5.74) is 5.13. The quantitative estimate of drug-likeness (QED) is 0.722. The summed E-state index contributed by atoms with van der Waals surface area (Å²) in [6.45, 7) is 4.03. The Kier molecular flexibility index (Phi) is 2.86. The molecule has 0 amide bonds. The summed E-state index contributed by atoms with van der Waals surface area (Å²) in [6.07, 6.45) is 0.591. The monoisotopic (exact) mass is 252 g/mol. The van der Waals surface area contributed by atoms with Crippen molar-refractivity contribution < 1.29 is 9.53 Å². The molecule has 2 heteroatoms. The van der Waals surface area contributed by atoms with Gasteiger partial charge in [0, 0.05) is 6.42 Å². The van der Waals surface area contributed by atoms with Gasteiger partial charge in [0.05, 0.1) is 5.56 Å². The lowest BCUT2D eigenvalue weighted by Gasteiger charge is -2.25. The Morgan fingerprint density at radius 3 is 2.63 bits per heavy atom. The van der Waals surface area contributed by atoms with Crippen molar-refractivity contribution in [1.82, 2.24) is 0 Å². The van der Waals surface area contributed by atoms with E-state index in [0.717, 1.165) is 23.1 Å². The molecule has 0 saturated carbocycles. The first-order chi connectivity index (χ1) is 9.13. The molecule has 0 saturated heterocycles. The molecule has 0 aromatic heterocycles. The number of hydrogen-bond acceptors (Lipinski definition) is 2. The third-order valence-electron chi connectivity index (χ3n) is 3.55. The summed E-state index contributed by atoms with van der Waals surface area (Å²) in [5, 5.41) is 0. The summed E-state index contributed by atoms with van der Waals surface area (Å²) in [5.74, 6) is -0.212. The minimum absolute atomic E-state index is 0.164. The minimum Gasteiger partial charge on any atom is -0.454 e. The van der Waals surface area contributed by atoms with Crippen LogP contribution >= 0.6 is 0 Å². The van der Waals surface area contributed by atoms with Crippen molar-refractivity contribution in [3.05, 3.63) is 70.3 Å². The molecule has 3 rings (SSSR count). The average molecular weight is 252 g/mol. The zero-order valence-electron chi connectivity index (χ0n) is 11.1. The Bertz CT molecular complexity index is 643. The van der Waals surface area contributed by atoms with Crippen LogP contribution in [0.3, 0.4) is 0 Å². The van der Waals surface area contributed by atoms with Gasteiger partial charge in [-0.3, -0.25) is 0 Å². The number of fused-ring (bicyclic) bond motifs is 1. The van der Waals surface area contributed by atoms with Gasteiger partial charge in [-0.15, -0.1) is 0 Å². The first kappa shape index (κ1) is 12.0. The van der Waals surface area contributed by atoms with E-state index in [4.69, 9.17) is 4.74 Å². The SMILES string of the molecule is Cc1cccc(C2Cc3ccc(C)cc3C(=O)O2)c1. The highest BCUT2D eigenvalue weighted by Gasteiger charge is 2.27. The van der Waals surface area contributed by atoms with Gasteiger partial charge in [-0.1, -0.05) is 47.5 Å². The first-order valence-electron chi connectivity index (χ1n) is 6.50. The zero-order chi connectivity index (χ0) is 13.4. The second kappa shape index (κ2) is 4.54.